The highest BCUT2D eigenvalue weighted by Crippen LogP contribution is 2.01. The van der Waals surface area contributed by atoms with Crippen LogP contribution in [0.5, 0.6) is 0 Å². The van der Waals surface area contributed by atoms with Gasteiger partial charge < -0.3 is 9.84 Å². The number of Topliss-reactive ketones (excluding diaryl/α,β-unsaturated/α-hetero) is 1. The van der Waals surface area contributed by atoms with E-state index in [0.29, 0.717) is 0 Å². The summed E-state index contributed by atoms with van der Waals surface area (Å²) in [6.45, 7) is -0.971. The summed E-state index contributed by atoms with van der Waals surface area (Å²) in [4.78, 5) is 32.6. The van der Waals surface area contributed by atoms with Gasteiger partial charge >= 0.3 is 11.9 Å². The number of rotatable bonds is 3. The summed E-state index contributed by atoms with van der Waals surface area (Å²) in [6, 6.07) is 7.76. The Hall–Kier alpha value is -2.01. The van der Waals surface area contributed by atoms with Gasteiger partial charge in [-0.3, -0.25) is 4.79 Å². The van der Waals surface area contributed by atoms with Crippen LogP contribution < -0.4 is 0 Å². The van der Waals surface area contributed by atoms with Crippen molar-refractivity contribution in [3.8, 4) is 0 Å². The Morgan fingerprint density at radius 1 is 1.13 bits per heavy atom. The van der Waals surface area contributed by atoms with Crippen molar-refractivity contribution in [2.24, 2.45) is 0 Å². The number of hydrogen-bond acceptors (Lipinski definition) is 5. The lowest BCUT2D eigenvalue weighted by Crippen LogP contribution is -2.23. The maximum Gasteiger partial charge on any atom is 0.384 e. The van der Waals surface area contributed by atoms with Crippen molar-refractivity contribution >= 4 is 17.7 Å². The molecule has 0 aliphatic heterocycles. The molecule has 0 saturated heterocycles. The number of hydrogen-bond donors (Lipinski definition) is 1. The molecule has 0 aliphatic rings. The van der Waals surface area contributed by atoms with E-state index >= 15 is 0 Å². The summed E-state index contributed by atoms with van der Waals surface area (Å²) in [5.74, 6) is -3.42. The Morgan fingerprint density at radius 2 is 1.73 bits per heavy atom. The van der Waals surface area contributed by atoms with Crippen LogP contribution in [0, 0.1) is 0 Å². The summed E-state index contributed by atoms with van der Waals surface area (Å²) in [5, 5.41) is 8.33. The minimum atomic E-state index is -1.36. The van der Waals surface area contributed by atoms with Crippen LogP contribution >= 0.6 is 0 Å². The number of benzene rings is 1. The number of carbonyl (C=O) groups is 3. The third kappa shape index (κ3) is 2.99. The fourth-order valence-corrected chi connectivity index (χ4v) is 0.839. The van der Waals surface area contributed by atoms with E-state index in [-0.39, 0.29) is 5.56 Å². The number of carbonyl (C=O) groups excluding carboxylic acids is 3. The molecule has 5 heteroatoms. The van der Waals surface area contributed by atoms with E-state index in [1.165, 1.54) is 12.1 Å². The van der Waals surface area contributed by atoms with Crippen molar-refractivity contribution in [1.82, 2.24) is 0 Å². The van der Waals surface area contributed by atoms with Crippen LogP contribution in [0.25, 0.3) is 0 Å². The second-order valence-electron chi connectivity index (χ2n) is 2.62. The third-order valence-corrected chi connectivity index (χ3v) is 1.57. The highest BCUT2D eigenvalue weighted by molar-refractivity contribution is 6.36. The Balaban J connectivity index is 2.65. The monoisotopic (exact) mass is 208 g/mol. The van der Waals surface area contributed by atoms with Crippen molar-refractivity contribution in [3.05, 3.63) is 35.9 Å². The van der Waals surface area contributed by atoms with Crippen LogP contribution in [0.2, 0.25) is 0 Å². The van der Waals surface area contributed by atoms with Gasteiger partial charge in [0.05, 0.1) is 5.56 Å². The number of aliphatic hydroxyl groups is 1. The van der Waals surface area contributed by atoms with Crippen LogP contribution in [0.3, 0.4) is 0 Å². The highest BCUT2D eigenvalue weighted by Gasteiger charge is 2.18. The molecule has 15 heavy (non-hydrogen) atoms. The molecule has 78 valence electrons. The quantitative estimate of drug-likeness (QED) is 0.427. The molecule has 0 unspecified atom stereocenters. The lowest BCUT2D eigenvalue weighted by molar-refractivity contribution is -0.150. The normalized spacial score (nSPS) is 9.40. The summed E-state index contributed by atoms with van der Waals surface area (Å²) >= 11 is 0. The molecule has 0 aromatic heterocycles. The number of ether oxygens (including phenoxy) is 1. The Labute approximate surface area is 85.3 Å². The molecule has 5 nitrogen and oxygen atoms in total. The van der Waals surface area contributed by atoms with Gasteiger partial charge in [0.1, 0.15) is 6.61 Å². The van der Waals surface area contributed by atoms with E-state index in [1.54, 1.807) is 18.2 Å². The molecule has 0 amide bonds. The minimum Gasteiger partial charge on any atom is -0.388 e. The van der Waals surface area contributed by atoms with Gasteiger partial charge in [0.25, 0.3) is 5.78 Å². The first-order valence-electron chi connectivity index (χ1n) is 4.10. The maximum absolute atomic E-state index is 11.2. The summed E-state index contributed by atoms with van der Waals surface area (Å²) in [6.07, 6.45) is 0. The van der Waals surface area contributed by atoms with E-state index in [4.69, 9.17) is 5.11 Å². The van der Waals surface area contributed by atoms with Crippen molar-refractivity contribution in [3.63, 3.8) is 0 Å². The van der Waals surface area contributed by atoms with Gasteiger partial charge in [0, 0.05) is 0 Å². The summed E-state index contributed by atoms with van der Waals surface area (Å²) < 4.78 is 4.20. The molecule has 0 heterocycles. The van der Waals surface area contributed by atoms with Gasteiger partial charge in [-0.2, -0.15) is 0 Å². The Bertz CT molecular complexity index is 382. The highest BCUT2D eigenvalue weighted by atomic mass is 16.6. The lowest BCUT2D eigenvalue weighted by Gasteiger charge is -2.00. The molecule has 1 aromatic rings. The van der Waals surface area contributed by atoms with Crippen LogP contribution in [0.1, 0.15) is 10.4 Å². The molecule has 0 saturated carbocycles. The zero-order valence-corrected chi connectivity index (χ0v) is 7.67. The number of ketones is 1. The zero-order chi connectivity index (χ0) is 11.3. The number of esters is 2. The topological polar surface area (TPSA) is 80.7 Å². The molecule has 1 rings (SSSR count). The Kier molecular flexibility index (Phi) is 3.70. The second kappa shape index (κ2) is 5.02. The lowest BCUT2D eigenvalue weighted by atomic mass is 10.2. The smallest absolute Gasteiger partial charge is 0.384 e. The van der Waals surface area contributed by atoms with Crippen molar-refractivity contribution in [1.29, 1.82) is 0 Å². The average molecular weight is 208 g/mol. The zero-order valence-electron chi connectivity index (χ0n) is 7.67. The maximum atomic E-state index is 11.2. The molecule has 1 aromatic carbocycles. The standard InChI is InChI=1S/C10H8O5/c11-6-8(12)10(14)15-9(13)7-4-2-1-3-5-7/h1-5,11H,6H2. The van der Waals surface area contributed by atoms with E-state index in [0.717, 1.165) is 0 Å². The van der Waals surface area contributed by atoms with Crippen molar-refractivity contribution in [2.75, 3.05) is 6.61 Å². The van der Waals surface area contributed by atoms with Gasteiger partial charge in [-0.15, -0.1) is 0 Å². The van der Waals surface area contributed by atoms with E-state index in [1.807, 2.05) is 0 Å². The molecule has 0 bridgehead atoms. The first-order chi connectivity index (χ1) is 7.15. The second-order valence-corrected chi connectivity index (χ2v) is 2.62. The van der Waals surface area contributed by atoms with Gasteiger partial charge in [-0.25, -0.2) is 9.59 Å². The van der Waals surface area contributed by atoms with Gasteiger partial charge in [0.15, 0.2) is 0 Å². The molecule has 0 fully saturated rings. The molecular weight excluding hydrogens is 200 g/mol. The van der Waals surface area contributed by atoms with Gasteiger partial charge in [0.2, 0.25) is 0 Å². The van der Waals surface area contributed by atoms with Crippen molar-refractivity contribution in [2.45, 2.75) is 0 Å². The predicted molar refractivity (Wildman–Crippen MR) is 49.0 cm³/mol. The largest absolute Gasteiger partial charge is 0.388 e. The number of aliphatic hydroxyl groups excluding tert-OH is 1. The first kappa shape index (κ1) is 11.1. The van der Waals surface area contributed by atoms with Gasteiger partial charge in [-0.1, -0.05) is 18.2 Å². The minimum absolute atomic E-state index is 0.164. The SMILES string of the molecule is O=C(CO)C(=O)OC(=O)c1ccccc1. The van der Waals surface area contributed by atoms with Crippen LogP contribution in [0.4, 0.5) is 0 Å². The first-order valence-corrected chi connectivity index (χ1v) is 4.10. The predicted octanol–water partition coefficient (Wildman–Crippen LogP) is -0.0686. The fraction of sp³-hybridized carbons (Fsp3) is 0.100. The van der Waals surface area contributed by atoms with E-state index in [2.05, 4.69) is 4.74 Å². The fourth-order valence-electron chi connectivity index (χ4n) is 0.839. The molecule has 0 spiro atoms. The van der Waals surface area contributed by atoms with Crippen LogP contribution in [-0.4, -0.2) is 29.4 Å². The summed E-state index contributed by atoms with van der Waals surface area (Å²) in [5.41, 5.74) is 0.164. The van der Waals surface area contributed by atoms with Gasteiger partial charge in [-0.05, 0) is 12.1 Å². The van der Waals surface area contributed by atoms with Crippen LogP contribution in [-0.2, 0) is 14.3 Å². The third-order valence-electron chi connectivity index (χ3n) is 1.57. The summed E-state index contributed by atoms with van der Waals surface area (Å²) in [7, 11) is 0. The van der Waals surface area contributed by atoms with Crippen molar-refractivity contribution < 1.29 is 24.2 Å². The molecule has 0 radical (unpaired) electrons. The van der Waals surface area contributed by atoms with E-state index < -0.39 is 24.3 Å². The molecule has 0 aliphatic carbocycles. The molecule has 1 N–H and O–H groups in total. The Morgan fingerprint density at radius 3 is 2.27 bits per heavy atom. The van der Waals surface area contributed by atoms with E-state index in [9.17, 15) is 14.4 Å². The van der Waals surface area contributed by atoms with Crippen LogP contribution in [0.15, 0.2) is 30.3 Å². The molecular formula is C10H8O5. The molecule has 0 atom stereocenters. The average Bonchev–Trinajstić information content (AvgIpc) is 2.29.